The Bertz CT molecular complexity index is 620. The topological polar surface area (TPSA) is 35.5 Å². The van der Waals surface area contributed by atoms with Gasteiger partial charge >= 0.3 is 25.6 Å². The van der Waals surface area contributed by atoms with Gasteiger partial charge in [-0.2, -0.15) is 30.7 Å². The monoisotopic (exact) mass is 426 g/mol. The maximum absolute atomic E-state index is 14.3. The highest BCUT2D eigenvalue weighted by atomic mass is 31.2. The van der Waals surface area contributed by atoms with Crippen molar-refractivity contribution < 1.29 is 44.3 Å². The van der Waals surface area contributed by atoms with Crippen LogP contribution in [0.3, 0.4) is 0 Å². The number of alkyl halides is 7. The molecule has 0 aliphatic rings. The molecule has 0 bridgehead atoms. The van der Waals surface area contributed by atoms with Crippen LogP contribution in [0.25, 0.3) is 0 Å². The second-order valence-corrected chi connectivity index (χ2v) is 7.53. The minimum Gasteiger partial charge on any atom is -0.306 e. The Labute approximate surface area is 153 Å². The molecule has 0 aliphatic carbocycles. The highest BCUT2D eigenvalue weighted by Gasteiger charge is 2.74. The standard InChI is InChI=1S/C16H22F7O3P/c1-5-8-9-10-11-13(12(4)27(24,25-6-2)26-7-3)14(17,18)15(19,20)16(21,22)23/h5-9H2,1-4H3/b13-12+. The van der Waals surface area contributed by atoms with Crippen LogP contribution in [0, 0.1) is 11.8 Å². The van der Waals surface area contributed by atoms with Crippen molar-refractivity contribution in [3.8, 4) is 11.8 Å². The van der Waals surface area contributed by atoms with Gasteiger partial charge in [-0.15, -0.1) is 0 Å². The summed E-state index contributed by atoms with van der Waals surface area (Å²) in [5, 5.41) is -1.08. The van der Waals surface area contributed by atoms with Gasteiger partial charge in [0.2, 0.25) is 0 Å². The molecule has 0 heterocycles. The highest BCUT2D eigenvalue weighted by Crippen LogP contribution is 2.60. The van der Waals surface area contributed by atoms with E-state index < -0.39 is 36.5 Å². The molecule has 0 N–H and O–H groups in total. The van der Waals surface area contributed by atoms with E-state index in [0.717, 1.165) is 0 Å². The maximum atomic E-state index is 14.3. The van der Waals surface area contributed by atoms with Gasteiger partial charge in [0.25, 0.3) is 0 Å². The average molecular weight is 426 g/mol. The van der Waals surface area contributed by atoms with Crippen LogP contribution in [-0.4, -0.2) is 31.2 Å². The second-order valence-electron chi connectivity index (χ2n) is 5.35. The summed E-state index contributed by atoms with van der Waals surface area (Å²) in [7, 11) is -4.54. The van der Waals surface area contributed by atoms with Crippen LogP contribution in [0.2, 0.25) is 0 Å². The molecule has 0 unspecified atom stereocenters. The van der Waals surface area contributed by atoms with E-state index in [-0.39, 0.29) is 19.6 Å². The first-order valence-electron chi connectivity index (χ1n) is 8.15. The SMILES string of the molecule is CCCCC#C/C(=C(/C)P(=O)(OCC)OCC)C(F)(F)C(F)(F)C(F)(F)F. The fraction of sp³-hybridized carbons (Fsp3) is 0.750. The van der Waals surface area contributed by atoms with Gasteiger partial charge in [0.1, 0.15) is 0 Å². The van der Waals surface area contributed by atoms with Crippen molar-refractivity contribution >= 4 is 7.60 Å². The lowest BCUT2D eigenvalue weighted by Gasteiger charge is -2.30. The number of hydrogen-bond acceptors (Lipinski definition) is 3. The molecule has 3 nitrogen and oxygen atoms in total. The molecule has 0 fully saturated rings. The summed E-state index contributed by atoms with van der Waals surface area (Å²) in [6, 6.07) is 0. The van der Waals surface area contributed by atoms with Crippen LogP contribution in [-0.2, 0) is 13.6 Å². The van der Waals surface area contributed by atoms with Gasteiger partial charge < -0.3 is 9.05 Å². The predicted molar refractivity (Wildman–Crippen MR) is 86.8 cm³/mol. The molecule has 11 heteroatoms. The number of allylic oxidation sites excluding steroid dienone is 2. The van der Waals surface area contributed by atoms with E-state index in [1.807, 2.05) is 0 Å². The van der Waals surface area contributed by atoms with Gasteiger partial charge in [-0.05, 0) is 27.2 Å². The molecule has 0 aliphatic heterocycles. The first-order chi connectivity index (χ1) is 12.2. The summed E-state index contributed by atoms with van der Waals surface area (Å²) in [6.07, 6.45) is -5.56. The van der Waals surface area contributed by atoms with E-state index in [1.165, 1.54) is 13.8 Å². The van der Waals surface area contributed by atoms with Crippen molar-refractivity contribution in [2.75, 3.05) is 13.2 Å². The van der Waals surface area contributed by atoms with Crippen LogP contribution >= 0.6 is 7.60 Å². The molecule has 0 aromatic rings. The third kappa shape index (κ3) is 5.97. The fourth-order valence-corrected chi connectivity index (χ4v) is 3.47. The second kappa shape index (κ2) is 9.94. The van der Waals surface area contributed by atoms with Gasteiger partial charge in [0.15, 0.2) is 0 Å². The Morgan fingerprint density at radius 2 is 1.44 bits per heavy atom. The zero-order valence-corrected chi connectivity index (χ0v) is 16.2. The Balaban J connectivity index is 6.63. The van der Waals surface area contributed by atoms with Gasteiger partial charge in [-0.3, -0.25) is 4.57 Å². The van der Waals surface area contributed by atoms with E-state index in [2.05, 4.69) is 5.92 Å². The van der Waals surface area contributed by atoms with Crippen molar-refractivity contribution in [3.05, 3.63) is 10.9 Å². The molecule has 0 saturated carbocycles. The molecule has 0 spiro atoms. The molecule has 0 atom stereocenters. The Morgan fingerprint density at radius 1 is 0.963 bits per heavy atom. The lowest BCUT2D eigenvalue weighted by molar-refractivity contribution is -0.343. The zero-order valence-electron chi connectivity index (χ0n) is 15.4. The van der Waals surface area contributed by atoms with Crippen molar-refractivity contribution in [3.63, 3.8) is 0 Å². The molecule has 0 amide bonds. The van der Waals surface area contributed by atoms with Crippen LogP contribution in [0.4, 0.5) is 30.7 Å². The molecule has 0 aromatic carbocycles. The van der Waals surface area contributed by atoms with Crippen LogP contribution in [0.5, 0.6) is 0 Å². The van der Waals surface area contributed by atoms with Gasteiger partial charge in [-0.1, -0.05) is 25.2 Å². The molecule has 0 aromatic heterocycles. The zero-order chi connectivity index (χ0) is 21.5. The minimum absolute atomic E-state index is 0.0193. The summed E-state index contributed by atoms with van der Waals surface area (Å²) in [4.78, 5) is 0. The van der Waals surface area contributed by atoms with E-state index in [0.29, 0.717) is 19.8 Å². The number of unbranched alkanes of at least 4 members (excludes halogenated alkanes) is 2. The maximum Gasteiger partial charge on any atom is 0.460 e. The summed E-state index contributed by atoms with van der Waals surface area (Å²) >= 11 is 0. The van der Waals surface area contributed by atoms with E-state index in [1.54, 1.807) is 12.8 Å². The van der Waals surface area contributed by atoms with Crippen molar-refractivity contribution in [1.29, 1.82) is 0 Å². The number of hydrogen-bond donors (Lipinski definition) is 0. The summed E-state index contributed by atoms with van der Waals surface area (Å²) in [5.41, 5.74) is -1.91. The summed E-state index contributed by atoms with van der Waals surface area (Å²) < 4.78 is 115. The average Bonchev–Trinajstić information content (AvgIpc) is 2.53. The van der Waals surface area contributed by atoms with Crippen molar-refractivity contribution in [2.24, 2.45) is 0 Å². The third-order valence-electron chi connectivity index (χ3n) is 3.30. The lowest BCUT2D eigenvalue weighted by Crippen LogP contribution is -2.53. The number of halogens is 7. The Hall–Kier alpha value is -1.04. The summed E-state index contributed by atoms with van der Waals surface area (Å²) in [6.45, 7) is 4.46. The van der Waals surface area contributed by atoms with Crippen molar-refractivity contribution in [2.45, 2.75) is 65.0 Å². The van der Waals surface area contributed by atoms with Gasteiger partial charge in [0, 0.05) is 6.42 Å². The Kier molecular flexibility index (Phi) is 9.56. The molecule has 27 heavy (non-hydrogen) atoms. The number of rotatable bonds is 9. The highest BCUT2D eigenvalue weighted by molar-refractivity contribution is 7.58. The third-order valence-corrected chi connectivity index (χ3v) is 5.55. The van der Waals surface area contributed by atoms with Gasteiger partial charge in [-0.25, -0.2) is 0 Å². The van der Waals surface area contributed by atoms with E-state index in [9.17, 15) is 35.3 Å². The molecule has 0 saturated heterocycles. The van der Waals surface area contributed by atoms with Crippen LogP contribution in [0.1, 0.15) is 47.0 Å². The minimum atomic E-state index is -6.55. The quantitative estimate of drug-likeness (QED) is 0.181. The van der Waals surface area contributed by atoms with E-state index in [4.69, 9.17) is 9.05 Å². The molecule has 0 rings (SSSR count). The fourth-order valence-electron chi connectivity index (χ4n) is 1.85. The predicted octanol–water partition coefficient (Wildman–Crippen LogP) is 6.55. The first-order valence-corrected chi connectivity index (χ1v) is 9.69. The van der Waals surface area contributed by atoms with E-state index >= 15 is 0 Å². The van der Waals surface area contributed by atoms with Crippen molar-refractivity contribution in [1.82, 2.24) is 0 Å². The smallest absolute Gasteiger partial charge is 0.306 e. The first kappa shape index (κ1) is 26.0. The lowest BCUT2D eigenvalue weighted by atomic mass is 10.0. The van der Waals surface area contributed by atoms with Crippen LogP contribution in [0.15, 0.2) is 10.9 Å². The molecule has 0 radical (unpaired) electrons. The van der Waals surface area contributed by atoms with Crippen LogP contribution < -0.4 is 0 Å². The molecule has 158 valence electrons. The molecular formula is C16H22F7O3P. The normalized spacial score (nSPS) is 14.5. The summed E-state index contributed by atoms with van der Waals surface area (Å²) in [5.74, 6) is -8.40. The molecular weight excluding hydrogens is 404 g/mol. The Morgan fingerprint density at radius 3 is 1.81 bits per heavy atom. The van der Waals surface area contributed by atoms with Gasteiger partial charge in [0.05, 0.1) is 24.1 Å². The largest absolute Gasteiger partial charge is 0.460 e.